The van der Waals surface area contributed by atoms with Crippen LogP contribution in [0.3, 0.4) is 0 Å². The van der Waals surface area contributed by atoms with Gasteiger partial charge in [0.15, 0.2) is 0 Å². The van der Waals surface area contributed by atoms with E-state index in [2.05, 4.69) is 5.10 Å². The second kappa shape index (κ2) is 4.70. The first kappa shape index (κ1) is 12.4. The van der Waals surface area contributed by atoms with Crippen molar-refractivity contribution >= 4 is 23.3 Å². The second-order valence-electron chi connectivity index (χ2n) is 3.74. The largest absolute Gasteiger partial charge is 0.465 e. The van der Waals surface area contributed by atoms with E-state index in [1.54, 1.807) is 31.3 Å². The fourth-order valence-corrected chi connectivity index (χ4v) is 1.78. The van der Waals surface area contributed by atoms with E-state index >= 15 is 0 Å². The maximum Gasteiger partial charge on any atom is 0.340 e. The number of halogens is 1. The highest BCUT2D eigenvalue weighted by Gasteiger charge is 2.17. The molecule has 0 unspecified atom stereocenters. The number of carbonyl (C=O) groups is 1. The smallest absolute Gasteiger partial charge is 0.340 e. The van der Waals surface area contributed by atoms with Crippen molar-refractivity contribution in [2.75, 3.05) is 12.8 Å². The molecule has 0 saturated carbocycles. The first-order valence-corrected chi connectivity index (χ1v) is 5.61. The van der Waals surface area contributed by atoms with Crippen molar-refractivity contribution < 1.29 is 9.53 Å². The number of nitrogen functional groups attached to an aromatic ring is 1. The van der Waals surface area contributed by atoms with Gasteiger partial charge in [-0.25, -0.2) is 9.48 Å². The molecule has 0 fully saturated rings. The molecule has 18 heavy (non-hydrogen) atoms. The minimum Gasteiger partial charge on any atom is -0.465 e. The number of para-hydroxylation sites is 1. The van der Waals surface area contributed by atoms with Crippen LogP contribution in [0.4, 0.5) is 5.69 Å². The van der Waals surface area contributed by atoms with Crippen molar-refractivity contribution in [2.45, 2.75) is 6.92 Å². The molecule has 0 aliphatic carbocycles. The minimum absolute atomic E-state index is 0.344. The van der Waals surface area contributed by atoms with Gasteiger partial charge in [0.2, 0.25) is 0 Å². The Kier molecular flexibility index (Phi) is 3.25. The summed E-state index contributed by atoms with van der Waals surface area (Å²) in [7, 11) is 1.32. The Morgan fingerprint density at radius 3 is 2.78 bits per heavy atom. The summed E-state index contributed by atoms with van der Waals surface area (Å²) in [5.41, 5.74) is 7.80. The zero-order valence-electron chi connectivity index (χ0n) is 9.98. The molecule has 6 heteroatoms. The van der Waals surface area contributed by atoms with Crippen molar-refractivity contribution in [3.05, 3.63) is 40.7 Å². The summed E-state index contributed by atoms with van der Waals surface area (Å²) >= 11 is 5.96. The van der Waals surface area contributed by atoms with Crippen LogP contribution in [0.2, 0.25) is 5.02 Å². The summed E-state index contributed by atoms with van der Waals surface area (Å²) in [6, 6.07) is 5.00. The molecule has 2 N–H and O–H groups in total. The van der Waals surface area contributed by atoms with E-state index < -0.39 is 5.97 Å². The molecular formula is C12H12ClN3O2. The Labute approximate surface area is 109 Å². The van der Waals surface area contributed by atoms with Gasteiger partial charge in [-0.15, -0.1) is 0 Å². The van der Waals surface area contributed by atoms with Gasteiger partial charge in [-0.1, -0.05) is 17.7 Å². The fraction of sp³-hybridized carbons (Fsp3) is 0.167. The Hall–Kier alpha value is -2.01. The van der Waals surface area contributed by atoms with Gasteiger partial charge in [0.25, 0.3) is 0 Å². The van der Waals surface area contributed by atoms with Crippen molar-refractivity contribution in [3.8, 4) is 5.69 Å². The number of anilines is 1. The van der Waals surface area contributed by atoms with Crippen LogP contribution in [-0.2, 0) is 4.74 Å². The van der Waals surface area contributed by atoms with Crippen LogP contribution in [0.1, 0.15) is 16.1 Å². The van der Waals surface area contributed by atoms with E-state index in [0.717, 1.165) is 0 Å². The number of nitrogens with zero attached hydrogens (tertiary/aromatic N) is 2. The molecule has 0 aliphatic heterocycles. The van der Waals surface area contributed by atoms with Gasteiger partial charge < -0.3 is 10.5 Å². The second-order valence-corrected chi connectivity index (χ2v) is 4.15. The highest BCUT2D eigenvalue weighted by Crippen LogP contribution is 2.24. The van der Waals surface area contributed by atoms with E-state index in [1.165, 1.54) is 11.8 Å². The number of rotatable bonds is 2. The SMILES string of the molecule is COC(=O)c1cccc(N)c1-n1cc(Cl)c(C)n1. The molecule has 0 bridgehead atoms. The van der Waals surface area contributed by atoms with Gasteiger partial charge >= 0.3 is 5.97 Å². The van der Waals surface area contributed by atoms with Crippen LogP contribution in [0.5, 0.6) is 0 Å². The predicted octanol–water partition coefficient (Wildman–Crippen LogP) is 2.20. The van der Waals surface area contributed by atoms with Gasteiger partial charge in [-0.3, -0.25) is 0 Å². The van der Waals surface area contributed by atoms with Gasteiger partial charge in [-0.2, -0.15) is 5.10 Å². The van der Waals surface area contributed by atoms with Crippen molar-refractivity contribution in [2.24, 2.45) is 0 Å². The van der Waals surface area contributed by atoms with E-state index in [0.29, 0.717) is 27.7 Å². The fourth-order valence-electron chi connectivity index (χ4n) is 1.65. The lowest BCUT2D eigenvalue weighted by Crippen LogP contribution is -2.10. The maximum absolute atomic E-state index is 11.7. The third-order valence-corrected chi connectivity index (χ3v) is 2.91. The summed E-state index contributed by atoms with van der Waals surface area (Å²) in [4.78, 5) is 11.7. The number of esters is 1. The molecule has 5 nitrogen and oxygen atoms in total. The number of methoxy groups -OCH3 is 1. The zero-order valence-corrected chi connectivity index (χ0v) is 10.7. The number of aryl methyl sites for hydroxylation is 1. The number of aromatic nitrogens is 2. The predicted molar refractivity (Wildman–Crippen MR) is 69.1 cm³/mol. The minimum atomic E-state index is -0.471. The Morgan fingerprint density at radius 1 is 1.50 bits per heavy atom. The first-order valence-electron chi connectivity index (χ1n) is 5.23. The molecule has 2 aromatic rings. The number of nitrogens with two attached hydrogens (primary N) is 1. The molecule has 0 aliphatic rings. The van der Waals surface area contributed by atoms with Crippen molar-refractivity contribution in [1.29, 1.82) is 0 Å². The van der Waals surface area contributed by atoms with Crippen LogP contribution < -0.4 is 5.73 Å². The Bertz CT molecular complexity index is 588. The van der Waals surface area contributed by atoms with Gasteiger partial charge in [0.05, 0.1) is 29.1 Å². The summed E-state index contributed by atoms with van der Waals surface area (Å²) in [5, 5.41) is 4.72. The molecular weight excluding hydrogens is 254 g/mol. The monoisotopic (exact) mass is 265 g/mol. The molecule has 2 rings (SSSR count). The van der Waals surface area contributed by atoms with Gasteiger partial charge in [0, 0.05) is 6.20 Å². The Morgan fingerprint density at radius 2 is 2.22 bits per heavy atom. The van der Waals surface area contributed by atoms with Crippen LogP contribution in [-0.4, -0.2) is 22.9 Å². The average molecular weight is 266 g/mol. The number of hydrogen-bond donors (Lipinski definition) is 1. The van der Waals surface area contributed by atoms with Crippen LogP contribution in [0, 0.1) is 6.92 Å². The molecule has 0 radical (unpaired) electrons. The normalized spacial score (nSPS) is 10.4. The molecule has 1 heterocycles. The lowest BCUT2D eigenvalue weighted by Gasteiger charge is -2.10. The first-order chi connectivity index (χ1) is 8.54. The highest BCUT2D eigenvalue weighted by molar-refractivity contribution is 6.31. The third kappa shape index (κ3) is 2.04. The molecule has 0 saturated heterocycles. The number of ether oxygens (including phenoxy) is 1. The summed E-state index contributed by atoms with van der Waals surface area (Å²) in [5.74, 6) is -0.471. The maximum atomic E-state index is 11.7. The lowest BCUT2D eigenvalue weighted by molar-refractivity contribution is 0.0600. The lowest BCUT2D eigenvalue weighted by atomic mass is 10.1. The van der Waals surface area contributed by atoms with Crippen LogP contribution >= 0.6 is 11.6 Å². The number of hydrogen-bond acceptors (Lipinski definition) is 4. The molecule has 0 spiro atoms. The highest BCUT2D eigenvalue weighted by atomic mass is 35.5. The quantitative estimate of drug-likeness (QED) is 0.668. The molecule has 94 valence electrons. The molecule has 1 aromatic carbocycles. The molecule has 0 atom stereocenters. The van der Waals surface area contributed by atoms with Crippen molar-refractivity contribution in [3.63, 3.8) is 0 Å². The molecule has 0 amide bonds. The van der Waals surface area contributed by atoms with Crippen molar-refractivity contribution in [1.82, 2.24) is 9.78 Å². The standard InChI is InChI=1S/C12H12ClN3O2/c1-7-9(13)6-16(15-7)11-8(12(17)18-2)4-3-5-10(11)14/h3-6H,14H2,1-2H3. The summed E-state index contributed by atoms with van der Waals surface area (Å²) in [6.45, 7) is 1.77. The van der Waals surface area contributed by atoms with Crippen LogP contribution in [0.25, 0.3) is 5.69 Å². The van der Waals surface area contributed by atoms with Gasteiger partial charge in [-0.05, 0) is 19.1 Å². The Balaban J connectivity index is 2.65. The van der Waals surface area contributed by atoms with E-state index in [9.17, 15) is 4.79 Å². The number of benzene rings is 1. The van der Waals surface area contributed by atoms with Gasteiger partial charge in [0.1, 0.15) is 5.69 Å². The van der Waals surface area contributed by atoms with E-state index in [4.69, 9.17) is 22.1 Å². The summed E-state index contributed by atoms with van der Waals surface area (Å²) in [6.07, 6.45) is 1.61. The zero-order chi connectivity index (χ0) is 13.3. The van der Waals surface area contributed by atoms with E-state index in [1.807, 2.05) is 0 Å². The average Bonchev–Trinajstić information content (AvgIpc) is 2.68. The van der Waals surface area contributed by atoms with E-state index in [-0.39, 0.29) is 0 Å². The van der Waals surface area contributed by atoms with Crippen LogP contribution in [0.15, 0.2) is 24.4 Å². The third-order valence-electron chi connectivity index (χ3n) is 2.54. The topological polar surface area (TPSA) is 70.1 Å². The summed E-state index contributed by atoms with van der Waals surface area (Å²) < 4.78 is 6.21. The number of carbonyl (C=O) groups excluding carboxylic acids is 1. The molecule has 1 aromatic heterocycles.